The van der Waals surface area contributed by atoms with Gasteiger partial charge < -0.3 is 16.4 Å². The molecule has 2 bridgehead atoms. The monoisotopic (exact) mass is 287 g/mol. The number of amides is 1. The van der Waals surface area contributed by atoms with Gasteiger partial charge in [0.1, 0.15) is 0 Å². The van der Waals surface area contributed by atoms with Crippen LogP contribution in [0.25, 0.3) is 0 Å². The molecule has 4 atom stereocenters. The molecule has 2 saturated carbocycles. The normalized spacial score (nSPS) is 28.4. The summed E-state index contributed by atoms with van der Waals surface area (Å²) < 4.78 is 0. The standard InChI is InChI=1S/C17H25N3O/c1-10(14-8-11-3-4-12(14)7-11)20-16-6-5-13(9-15(16)18)17(21)19-2/h5-6,9-12,14,20H,3-4,7-8,18H2,1-2H3,(H,19,21). The van der Waals surface area contributed by atoms with Gasteiger partial charge in [0.15, 0.2) is 0 Å². The third-order valence-corrected chi connectivity index (χ3v) is 5.36. The van der Waals surface area contributed by atoms with E-state index >= 15 is 0 Å². The molecule has 0 heterocycles. The molecule has 4 heteroatoms. The molecule has 0 radical (unpaired) electrons. The number of nitrogens with one attached hydrogen (secondary N) is 2. The van der Waals surface area contributed by atoms with Crippen molar-refractivity contribution in [2.45, 2.75) is 38.6 Å². The molecule has 21 heavy (non-hydrogen) atoms. The minimum atomic E-state index is -0.102. The van der Waals surface area contributed by atoms with E-state index in [2.05, 4.69) is 17.6 Å². The minimum absolute atomic E-state index is 0.102. The Hall–Kier alpha value is -1.71. The molecule has 0 saturated heterocycles. The van der Waals surface area contributed by atoms with Crippen molar-refractivity contribution in [1.82, 2.24) is 5.32 Å². The number of hydrogen-bond acceptors (Lipinski definition) is 3. The smallest absolute Gasteiger partial charge is 0.251 e. The third kappa shape index (κ3) is 2.71. The van der Waals surface area contributed by atoms with E-state index in [1.54, 1.807) is 13.1 Å². The van der Waals surface area contributed by atoms with Crippen LogP contribution in [0.2, 0.25) is 0 Å². The van der Waals surface area contributed by atoms with Gasteiger partial charge in [0, 0.05) is 18.7 Å². The van der Waals surface area contributed by atoms with Crippen molar-refractivity contribution in [2.24, 2.45) is 17.8 Å². The molecule has 114 valence electrons. The summed E-state index contributed by atoms with van der Waals surface area (Å²) in [7, 11) is 1.63. The average molecular weight is 287 g/mol. The number of benzene rings is 1. The number of nitrogens with two attached hydrogens (primary N) is 1. The van der Waals surface area contributed by atoms with Gasteiger partial charge in [0.05, 0.1) is 11.4 Å². The van der Waals surface area contributed by atoms with Crippen LogP contribution in [0.1, 0.15) is 43.0 Å². The fourth-order valence-corrected chi connectivity index (χ4v) is 4.24. The van der Waals surface area contributed by atoms with E-state index in [0.29, 0.717) is 17.3 Å². The Morgan fingerprint density at radius 2 is 2.14 bits per heavy atom. The molecule has 3 rings (SSSR count). The second-order valence-electron chi connectivity index (χ2n) is 6.65. The lowest BCUT2D eigenvalue weighted by Gasteiger charge is -2.29. The van der Waals surface area contributed by atoms with E-state index in [0.717, 1.165) is 23.4 Å². The first-order valence-electron chi connectivity index (χ1n) is 7.96. The van der Waals surface area contributed by atoms with Crippen LogP contribution in [0.4, 0.5) is 11.4 Å². The molecule has 4 unspecified atom stereocenters. The molecule has 1 amide bonds. The van der Waals surface area contributed by atoms with Gasteiger partial charge in [0.25, 0.3) is 5.91 Å². The maximum absolute atomic E-state index is 11.6. The maximum Gasteiger partial charge on any atom is 0.251 e. The van der Waals surface area contributed by atoms with Gasteiger partial charge >= 0.3 is 0 Å². The first-order valence-corrected chi connectivity index (χ1v) is 7.96. The molecule has 0 aromatic heterocycles. The van der Waals surface area contributed by atoms with Crippen molar-refractivity contribution in [2.75, 3.05) is 18.1 Å². The molecule has 0 spiro atoms. The van der Waals surface area contributed by atoms with Crippen LogP contribution in [0, 0.1) is 17.8 Å². The Balaban J connectivity index is 1.68. The van der Waals surface area contributed by atoms with Crippen LogP contribution < -0.4 is 16.4 Å². The Labute approximate surface area is 126 Å². The van der Waals surface area contributed by atoms with Gasteiger partial charge in [-0.3, -0.25) is 4.79 Å². The number of carbonyl (C=O) groups excluding carboxylic acids is 1. The Bertz CT molecular complexity index is 543. The highest BCUT2D eigenvalue weighted by atomic mass is 16.1. The van der Waals surface area contributed by atoms with E-state index in [9.17, 15) is 4.79 Å². The predicted molar refractivity (Wildman–Crippen MR) is 86.3 cm³/mol. The summed E-state index contributed by atoms with van der Waals surface area (Å²) >= 11 is 0. The highest BCUT2D eigenvalue weighted by Gasteiger charge is 2.41. The predicted octanol–water partition coefficient (Wildman–Crippen LogP) is 2.87. The number of rotatable bonds is 4. The van der Waals surface area contributed by atoms with Crippen molar-refractivity contribution < 1.29 is 4.79 Å². The number of hydrogen-bond donors (Lipinski definition) is 3. The molecule has 0 aliphatic heterocycles. The second kappa shape index (κ2) is 5.58. The van der Waals surface area contributed by atoms with Crippen LogP contribution in [0.3, 0.4) is 0 Å². The van der Waals surface area contributed by atoms with E-state index in [1.165, 1.54) is 25.7 Å². The van der Waals surface area contributed by atoms with E-state index in [4.69, 9.17) is 5.73 Å². The fraction of sp³-hybridized carbons (Fsp3) is 0.588. The molecular formula is C17H25N3O. The van der Waals surface area contributed by atoms with Crippen LogP contribution in [0.15, 0.2) is 18.2 Å². The van der Waals surface area contributed by atoms with Crippen LogP contribution in [0.5, 0.6) is 0 Å². The van der Waals surface area contributed by atoms with Gasteiger partial charge in [-0.25, -0.2) is 0 Å². The van der Waals surface area contributed by atoms with Crippen molar-refractivity contribution in [3.8, 4) is 0 Å². The zero-order valence-electron chi connectivity index (χ0n) is 12.9. The molecular weight excluding hydrogens is 262 g/mol. The Morgan fingerprint density at radius 1 is 1.33 bits per heavy atom. The molecule has 2 aliphatic rings. The van der Waals surface area contributed by atoms with E-state index in [1.807, 2.05) is 12.1 Å². The maximum atomic E-state index is 11.6. The summed E-state index contributed by atoms with van der Waals surface area (Å²) in [6.07, 6.45) is 5.60. The summed E-state index contributed by atoms with van der Waals surface area (Å²) in [5.74, 6) is 2.51. The quantitative estimate of drug-likeness (QED) is 0.746. The van der Waals surface area contributed by atoms with Crippen LogP contribution in [-0.4, -0.2) is 19.0 Å². The molecule has 1 aromatic rings. The largest absolute Gasteiger partial charge is 0.397 e. The van der Waals surface area contributed by atoms with Crippen molar-refractivity contribution in [3.05, 3.63) is 23.8 Å². The zero-order valence-corrected chi connectivity index (χ0v) is 12.9. The summed E-state index contributed by atoms with van der Waals surface area (Å²) in [6.45, 7) is 2.26. The number of anilines is 2. The molecule has 2 fully saturated rings. The third-order valence-electron chi connectivity index (χ3n) is 5.36. The summed E-state index contributed by atoms with van der Waals surface area (Å²) in [5.41, 5.74) is 8.29. The lowest BCUT2D eigenvalue weighted by molar-refractivity contribution is 0.0963. The van der Waals surface area contributed by atoms with E-state index in [-0.39, 0.29) is 5.91 Å². The molecule has 4 nitrogen and oxygen atoms in total. The summed E-state index contributed by atoms with van der Waals surface area (Å²) in [5, 5.41) is 6.18. The van der Waals surface area contributed by atoms with Crippen molar-refractivity contribution in [3.63, 3.8) is 0 Å². The number of carbonyl (C=O) groups is 1. The topological polar surface area (TPSA) is 67.2 Å². The first-order chi connectivity index (χ1) is 10.1. The first kappa shape index (κ1) is 14.2. The highest BCUT2D eigenvalue weighted by molar-refractivity contribution is 5.95. The lowest BCUT2D eigenvalue weighted by Crippen LogP contribution is -2.30. The highest BCUT2D eigenvalue weighted by Crippen LogP contribution is 2.50. The number of fused-ring (bicyclic) bond motifs is 2. The second-order valence-corrected chi connectivity index (χ2v) is 6.65. The lowest BCUT2D eigenvalue weighted by atomic mass is 9.84. The van der Waals surface area contributed by atoms with Gasteiger partial charge in [-0.1, -0.05) is 6.42 Å². The fourth-order valence-electron chi connectivity index (χ4n) is 4.24. The zero-order chi connectivity index (χ0) is 15.0. The number of nitrogen functional groups attached to an aromatic ring is 1. The van der Waals surface area contributed by atoms with E-state index < -0.39 is 0 Å². The van der Waals surface area contributed by atoms with Crippen molar-refractivity contribution in [1.29, 1.82) is 0 Å². The van der Waals surface area contributed by atoms with Gasteiger partial charge in [-0.2, -0.15) is 0 Å². The Morgan fingerprint density at radius 3 is 2.71 bits per heavy atom. The van der Waals surface area contributed by atoms with Crippen LogP contribution >= 0.6 is 0 Å². The SMILES string of the molecule is CNC(=O)c1ccc(NC(C)C2CC3CCC2C3)c(N)c1. The average Bonchev–Trinajstić information content (AvgIpc) is 3.11. The Kier molecular flexibility index (Phi) is 3.79. The molecule has 2 aliphatic carbocycles. The van der Waals surface area contributed by atoms with Gasteiger partial charge in [-0.15, -0.1) is 0 Å². The van der Waals surface area contributed by atoms with Gasteiger partial charge in [-0.05, 0) is 62.1 Å². The molecule has 1 aromatic carbocycles. The van der Waals surface area contributed by atoms with Crippen LogP contribution in [-0.2, 0) is 0 Å². The van der Waals surface area contributed by atoms with Gasteiger partial charge in [0.2, 0.25) is 0 Å². The van der Waals surface area contributed by atoms with Crippen molar-refractivity contribution >= 4 is 17.3 Å². The summed E-state index contributed by atoms with van der Waals surface area (Å²) in [6, 6.07) is 5.93. The minimum Gasteiger partial charge on any atom is -0.397 e. The molecule has 4 N–H and O–H groups in total. The summed E-state index contributed by atoms with van der Waals surface area (Å²) in [4.78, 5) is 11.6.